The Morgan fingerprint density at radius 1 is 1.44 bits per heavy atom. The van der Waals surface area contributed by atoms with E-state index in [2.05, 4.69) is 28.9 Å². The van der Waals surface area contributed by atoms with Gasteiger partial charge in [0.2, 0.25) is 0 Å². The summed E-state index contributed by atoms with van der Waals surface area (Å²) in [7, 11) is 0. The van der Waals surface area contributed by atoms with Crippen LogP contribution in [0.4, 0.5) is 5.69 Å². The van der Waals surface area contributed by atoms with Gasteiger partial charge in [-0.15, -0.1) is 11.3 Å². The second-order valence-corrected chi connectivity index (χ2v) is 6.11. The maximum atomic E-state index is 6.02. The zero-order chi connectivity index (χ0) is 12.5. The standard InChI is InChI=1S/C14H17N3S/c1-10-16-7-12(18-10)9-17-6-5-13-11(8-17)3-2-4-14(13)15/h2-4,7H,5-6,8-9,15H2,1H3. The van der Waals surface area contributed by atoms with Crippen molar-refractivity contribution in [3.8, 4) is 0 Å². The highest BCUT2D eigenvalue weighted by Crippen LogP contribution is 2.25. The van der Waals surface area contributed by atoms with E-state index in [4.69, 9.17) is 5.73 Å². The summed E-state index contributed by atoms with van der Waals surface area (Å²) in [6.45, 7) is 5.13. The van der Waals surface area contributed by atoms with Crippen molar-refractivity contribution in [2.75, 3.05) is 12.3 Å². The summed E-state index contributed by atoms with van der Waals surface area (Å²) in [4.78, 5) is 8.13. The number of aryl methyl sites for hydroxylation is 1. The van der Waals surface area contributed by atoms with Crippen LogP contribution in [0.25, 0.3) is 0 Å². The highest BCUT2D eigenvalue weighted by molar-refractivity contribution is 7.11. The topological polar surface area (TPSA) is 42.2 Å². The molecular weight excluding hydrogens is 242 g/mol. The smallest absolute Gasteiger partial charge is 0.0897 e. The maximum absolute atomic E-state index is 6.02. The Bertz CT molecular complexity index is 562. The van der Waals surface area contributed by atoms with Gasteiger partial charge in [-0.05, 0) is 30.5 Å². The van der Waals surface area contributed by atoms with Gasteiger partial charge < -0.3 is 5.73 Å². The molecule has 3 nitrogen and oxygen atoms in total. The molecule has 0 aliphatic carbocycles. The molecule has 0 amide bonds. The van der Waals surface area contributed by atoms with Crippen LogP contribution in [0.5, 0.6) is 0 Å². The van der Waals surface area contributed by atoms with Gasteiger partial charge in [0.25, 0.3) is 0 Å². The highest BCUT2D eigenvalue weighted by Gasteiger charge is 2.18. The molecule has 3 rings (SSSR count). The first-order valence-electron chi connectivity index (χ1n) is 6.22. The molecule has 0 bridgehead atoms. The van der Waals surface area contributed by atoms with E-state index in [1.807, 2.05) is 12.3 Å². The van der Waals surface area contributed by atoms with Gasteiger partial charge >= 0.3 is 0 Å². The molecule has 1 aromatic carbocycles. The van der Waals surface area contributed by atoms with E-state index in [-0.39, 0.29) is 0 Å². The van der Waals surface area contributed by atoms with Crippen LogP contribution in [0.1, 0.15) is 21.0 Å². The predicted octanol–water partition coefficient (Wildman–Crippen LogP) is 2.59. The van der Waals surface area contributed by atoms with Crippen molar-refractivity contribution in [3.05, 3.63) is 45.4 Å². The van der Waals surface area contributed by atoms with Crippen LogP contribution in [-0.2, 0) is 19.5 Å². The molecule has 2 heterocycles. The zero-order valence-electron chi connectivity index (χ0n) is 10.5. The number of nitrogens with zero attached hydrogens (tertiary/aromatic N) is 2. The first-order valence-corrected chi connectivity index (χ1v) is 7.04. The zero-order valence-corrected chi connectivity index (χ0v) is 11.3. The largest absolute Gasteiger partial charge is 0.398 e. The summed E-state index contributed by atoms with van der Waals surface area (Å²) >= 11 is 1.79. The quantitative estimate of drug-likeness (QED) is 0.843. The predicted molar refractivity (Wildman–Crippen MR) is 75.5 cm³/mol. The molecule has 1 aromatic heterocycles. The summed E-state index contributed by atoms with van der Waals surface area (Å²) in [5, 5.41) is 1.15. The Morgan fingerprint density at radius 2 is 2.33 bits per heavy atom. The van der Waals surface area contributed by atoms with Crippen molar-refractivity contribution in [2.45, 2.75) is 26.4 Å². The minimum atomic E-state index is 0.945. The number of rotatable bonds is 2. The lowest BCUT2D eigenvalue weighted by Gasteiger charge is -2.28. The Hall–Kier alpha value is -1.39. The number of fused-ring (bicyclic) bond motifs is 1. The highest BCUT2D eigenvalue weighted by atomic mass is 32.1. The minimum Gasteiger partial charge on any atom is -0.398 e. The number of benzene rings is 1. The molecule has 0 radical (unpaired) electrons. The van der Waals surface area contributed by atoms with Crippen molar-refractivity contribution in [3.63, 3.8) is 0 Å². The number of thiazole rings is 1. The molecule has 0 saturated carbocycles. The van der Waals surface area contributed by atoms with E-state index in [0.29, 0.717) is 0 Å². The summed E-state index contributed by atoms with van der Waals surface area (Å²) in [6, 6.07) is 6.24. The lowest BCUT2D eigenvalue weighted by molar-refractivity contribution is 0.248. The number of hydrogen-bond acceptors (Lipinski definition) is 4. The molecule has 0 fully saturated rings. The number of hydrogen-bond donors (Lipinski definition) is 1. The number of nitrogen functional groups attached to an aromatic ring is 1. The van der Waals surface area contributed by atoms with E-state index in [0.717, 1.165) is 36.8 Å². The Kier molecular flexibility index (Phi) is 3.06. The van der Waals surface area contributed by atoms with Crippen molar-refractivity contribution >= 4 is 17.0 Å². The maximum Gasteiger partial charge on any atom is 0.0897 e. The van der Waals surface area contributed by atoms with Gasteiger partial charge in [-0.25, -0.2) is 4.98 Å². The van der Waals surface area contributed by atoms with E-state index in [1.165, 1.54) is 16.0 Å². The molecule has 0 saturated heterocycles. The summed E-state index contributed by atoms with van der Waals surface area (Å²) in [5.74, 6) is 0. The van der Waals surface area contributed by atoms with Crippen LogP contribution in [-0.4, -0.2) is 16.4 Å². The van der Waals surface area contributed by atoms with Gasteiger partial charge in [-0.3, -0.25) is 4.90 Å². The van der Waals surface area contributed by atoms with Crippen LogP contribution in [0.3, 0.4) is 0 Å². The van der Waals surface area contributed by atoms with Gasteiger partial charge in [0.15, 0.2) is 0 Å². The van der Waals surface area contributed by atoms with Crippen LogP contribution in [0.2, 0.25) is 0 Å². The summed E-state index contributed by atoms with van der Waals surface area (Å²) in [5.41, 5.74) is 9.68. The third kappa shape index (κ3) is 2.26. The lowest BCUT2D eigenvalue weighted by atomic mass is 9.98. The van der Waals surface area contributed by atoms with Gasteiger partial charge in [-0.2, -0.15) is 0 Å². The van der Waals surface area contributed by atoms with E-state index >= 15 is 0 Å². The van der Waals surface area contributed by atoms with Gasteiger partial charge in [0, 0.05) is 36.4 Å². The third-order valence-corrected chi connectivity index (χ3v) is 4.33. The summed E-state index contributed by atoms with van der Waals surface area (Å²) in [6.07, 6.45) is 3.05. The first-order chi connectivity index (χ1) is 8.72. The Morgan fingerprint density at radius 3 is 3.11 bits per heavy atom. The van der Waals surface area contributed by atoms with Gasteiger partial charge in [-0.1, -0.05) is 12.1 Å². The Balaban J connectivity index is 1.75. The lowest BCUT2D eigenvalue weighted by Crippen LogP contribution is -2.30. The molecule has 1 aliphatic rings. The van der Waals surface area contributed by atoms with Crippen molar-refractivity contribution < 1.29 is 0 Å². The second kappa shape index (κ2) is 4.71. The van der Waals surface area contributed by atoms with E-state index < -0.39 is 0 Å². The fourth-order valence-electron chi connectivity index (χ4n) is 2.53. The summed E-state index contributed by atoms with van der Waals surface area (Å²) < 4.78 is 0. The monoisotopic (exact) mass is 259 g/mol. The molecule has 1 aliphatic heterocycles. The number of anilines is 1. The average Bonchev–Trinajstić information content (AvgIpc) is 2.75. The van der Waals surface area contributed by atoms with Gasteiger partial charge in [0.05, 0.1) is 5.01 Å². The fourth-order valence-corrected chi connectivity index (χ4v) is 3.37. The average molecular weight is 259 g/mol. The molecule has 0 spiro atoms. The van der Waals surface area contributed by atoms with Crippen LogP contribution in [0.15, 0.2) is 24.4 Å². The normalized spacial score (nSPS) is 15.6. The molecule has 4 heteroatoms. The second-order valence-electron chi connectivity index (χ2n) is 4.79. The van der Waals surface area contributed by atoms with Crippen molar-refractivity contribution in [2.24, 2.45) is 0 Å². The molecule has 2 aromatic rings. The van der Waals surface area contributed by atoms with E-state index in [1.54, 1.807) is 11.3 Å². The van der Waals surface area contributed by atoms with E-state index in [9.17, 15) is 0 Å². The molecule has 94 valence electrons. The molecule has 0 atom stereocenters. The van der Waals surface area contributed by atoms with Crippen LogP contribution in [0, 0.1) is 6.92 Å². The van der Waals surface area contributed by atoms with Crippen molar-refractivity contribution in [1.82, 2.24) is 9.88 Å². The van der Waals surface area contributed by atoms with Gasteiger partial charge in [0.1, 0.15) is 0 Å². The molecule has 18 heavy (non-hydrogen) atoms. The van der Waals surface area contributed by atoms with Crippen molar-refractivity contribution in [1.29, 1.82) is 0 Å². The molecular formula is C14H17N3S. The van der Waals surface area contributed by atoms with Crippen LogP contribution >= 0.6 is 11.3 Å². The Labute approximate surface area is 111 Å². The SMILES string of the molecule is Cc1ncc(CN2CCc3c(N)cccc3C2)s1. The molecule has 2 N–H and O–H groups in total. The number of nitrogens with two attached hydrogens (primary N) is 1. The third-order valence-electron chi connectivity index (χ3n) is 3.43. The first kappa shape index (κ1) is 11.7. The minimum absolute atomic E-state index is 0.945. The number of aromatic nitrogens is 1. The van der Waals surface area contributed by atoms with Crippen LogP contribution < -0.4 is 5.73 Å². The fraction of sp³-hybridized carbons (Fsp3) is 0.357. The molecule has 0 unspecified atom stereocenters.